The summed E-state index contributed by atoms with van der Waals surface area (Å²) in [5.74, 6) is -1.03. The maximum Gasteiger partial charge on any atom is 0.264 e. The van der Waals surface area contributed by atoms with E-state index in [2.05, 4.69) is 17.3 Å². The minimum Gasteiger partial charge on any atom is -0.507 e. The largest absolute Gasteiger partial charge is 0.507 e. The van der Waals surface area contributed by atoms with Gasteiger partial charge in [-0.15, -0.1) is 0 Å². The van der Waals surface area contributed by atoms with E-state index in [4.69, 9.17) is 4.74 Å². The van der Waals surface area contributed by atoms with Gasteiger partial charge in [-0.05, 0) is 41.9 Å². The van der Waals surface area contributed by atoms with Crippen LogP contribution in [0.4, 0.5) is 14.5 Å². The van der Waals surface area contributed by atoms with Gasteiger partial charge in [0.15, 0.2) is 0 Å². The first-order valence-electron chi connectivity index (χ1n) is 11.6. The molecule has 2 aliphatic heterocycles. The van der Waals surface area contributed by atoms with Gasteiger partial charge < -0.3 is 25.0 Å². The van der Waals surface area contributed by atoms with Crippen LogP contribution < -0.4 is 10.1 Å². The molecule has 6 nitrogen and oxygen atoms in total. The molecule has 182 valence electrons. The zero-order valence-corrected chi connectivity index (χ0v) is 19.4. The summed E-state index contributed by atoms with van der Waals surface area (Å²) in [6, 6.07) is 17.6. The number of carbonyl (C=O) groups is 1. The van der Waals surface area contributed by atoms with Crippen LogP contribution in [0.25, 0.3) is 0 Å². The Balaban J connectivity index is 1.40. The Kier molecular flexibility index (Phi) is 6.30. The number of aromatic hydroxyl groups is 1. The lowest BCUT2D eigenvalue weighted by molar-refractivity contribution is 0.0742. The number of rotatable bonds is 7. The highest BCUT2D eigenvalue weighted by Crippen LogP contribution is 2.38. The third kappa shape index (κ3) is 4.79. The number of nitrogens with zero attached hydrogens (tertiary/aromatic N) is 2. The number of amides is 1. The fourth-order valence-electron chi connectivity index (χ4n) is 4.68. The smallest absolute Gasteiger partial charge is 0.264 e. The van der Waals surface area contributed by atoms with Crippen LogP contribution in [-0.4, -0.2) is 47.0 Å². The number of phenolic OH excluding ortho intramolecular Hbond substituents is 1. The van der Waals surface area contributed by atoms with Gasteiger partial charge in [-0.2, -0.15) is 0 Å². The average molecular weight is 480 g/mol. The minimum absolute atomic E-state index is 0.0547. The van der Waals surface area contributed by atoms with Crippen molar-refractivity contribution in [1.29, 1.82) is 0 Å². The number of likely N-dealkylation sites (N-methyl/N-ethyl adjacent to an activating group) is 1. The molecule has 1 amide bonds. The molecule has 0 aromatic heterocycles. The Labute approximate surface area is 202 Å². The molecule has 0 radical (unpaired) electrons. The third-order valence-electron chi connectivity index (χ3n) is 6.50. The van der Waals surface area contributed by atoms with Crippen LogP contribution in [0.15, 0.2) is 60.7 Å². The first kappa shape index (κ1) is 23.1. The maximum atomic E-state index is 13.6. The zero-order valence-electron chi connectivity index (χ0n) is 19.4. The molecule has 3 aromatic rings. The van der Waals surface area contributed by atoms with Crippen molar-refractivity contribution in [2.45, 2.75) is 32.2 Å². The molecule has 0 aliphatic carbocycles. The Morgan fingerprint density at radius 2 is 1.89 bits per heavy atom. The average Bonchev–Trinajstić information content (AvgIpc) is 3.27. The van der Waals surface area contributed by atoms with Crippen LogP contribution in [0.2, 0.25) is 0 Å². The lowest BCUT2D eigenvalue weighted by Crippen LogP contribution is -2.52. The zero-order chi connectivity index (χ0) is 24.5. The maximum absolute atomic E-state index is 13.6. The highest BCUT2D eigenvalue weighted by atomic mass is 19.3. The molecule has 5 rings (SSSR count). The third-order valence-corrected chi connectivity index (χ3v) is 6.50. The number of nitrogens with one attached hydrogen (secondary N) is 1. The van der Waals surface area contributed by atoms with Crippen molar-refractivity contribution in [1.82, 2.24) is 9.80 Å². The fraction of sp³-hybridized carbons (Fsp3) is 0.296. The Bertz CT molecular complexity index is 1230. The van der Waals surface area contributed by atoms with Gasteiger partial charge in [-0.25, -0.2) is 8.78 Å². The number of anilines is 1. The van der Waals surface area contributed by atoms with Gasteiger partial charge in [0, 0.05) is 37.4 Å². The first-order valence-corrected chi connectivity index (χ1v) is 11.6. The molecule has 1 saturated heterocycles. The molecule has 2 heterocycles. The van der Waals surface area contributed by atoms with E-state index in [0.717, 1.165) is 47.6 Å². The second-order valence-corrected chi connectivity index (χ2v) is 9.16. The van der Waals surface area contributed by atoms with Crippen molar-refractivity contribution in [3.05, 3.63) is 88.5 Å². The van der Waals surface area contributed by atoms with E-state index in [0.29, 0.717) is 19.1 Å². The molecule has 1 fully saturated rings. The molecule has 8 heteroatoms. The molecular weight excluding hydrogens is 452 g/mol. The van der Waals surface area contributed by atoms with Crippen LogP contribution in [0.3, 0.4) is 0 Å². The SMILES string of the molecule is CN1CC(Nc2cccc3c2CN(C(=O)c2c(O)cc(C(F)F)cc2OCc2ccccc2)C3)C1. The monoisotopic (exact) mass is 479 g/mol. The Morgan fingerprint density at radius 3 is 2.60 bits per heavy atom. The molecule has 2 aliphatic rings. The van der Waals surface area contributed by atoms with Crippen molar-refractivity contribution in [3.8, 4) is 11.5 Å². The highest BCUT2D eigenvalue weighted by molar-refractivity contribution is 6.00. The van der Waals surface area contributed by atoms with Gasteiger partial charge in [0.1, 0.15) is 23.7 Å². The second-order valence-electron chi connectivity index (χ2n) is 9.16. The van der Waals surface area contributed by atoms with Crippen LogP contribution >= 0.6 is 0 Å². The van der Waals surface area contributed by atoms with Crippen LogP contribution in [-0.2, 0) is 19.7 Å². The summed E-state index contributed by atoms with van der Waals surface area (Å²) in [4.78, 5) is 17.4. The standard InChI is InChI=1S/C27H27F2N3O3/c1-31-13-20(14-31)30-22-9-5-8-18-12-32(15-21(18)22)27(34)25-23(33)10-19(26(28)29)11-24(25)35-16-17-6-3-2-4-7-17/h2-11,20,26,30,33H,12-16H2,1H3. The lowest BCUT2D eigenvalue weighted by atomic mass is 10.1. The van der Waals surface area contributed by atoms with Crippen LogP contribution in [0.1, 0.15) is 39.0 Å². The first-order chi connectivity index (χ1) is 16.9. The van der Waals surface area contributed by atoms with Gasteiger partial charge in [-0.3, -0.25) is 4.79 Å². The molecule has 0 saturated carbocycles. The summed E-state index contributed by atoms with van der Waals surface area (Å²) in [7, 11) is 2.07. The van der Waals surface area contributed by atoms with E-state index < -0.39 is 23.6 Å². The summed E-state index contributed by atoms with van der Waals surface area (Å²) in [6.07, 6.45) is -2.81. The van der Waals surface area contributed by atoms with Gasteiger partial charge >= 0.3 is 0 Å². The molecule has 0 spiro atoms. The molecule has 2 N–H and O–H groups in total. The van der Waals surface area contributed by atoms with E-state index in [1.165, 1.54) is 0 Å². The minimum atomic E-state index is -2.81. The fourth-order valence-corrected chi connectivity index (χ4v) is 4.68. The normalized spacial score (nSPS) is 15.7. The number of benzene rings is 3. The van der Waals surface area contributed by atoms with Crippen molar-refractivity contribution in [3.63, 3.8) is 0 Å². The predicted molar refractivity (Wildman–Crippen MR) is 129 cm³/mol. The van der Waals surface area contributed by atoms with E-state index in [9.17, 15) is 18.7 Å². The van der Waals surface area contributed by atoms with Crippen molar-refractivity contribution in [2.75, 3.05) is 25.5 Å². The predicted octanol–water partition coefficient (Wildman–Crippen LogP) is 4.79. The molecule has 35 heavy (non-hydrogen) atoms. The van der Waals surface area contributed by atoms with E-state index in [-0.39, 0.29) is 17.9 Å². The number of halogens is 2. The van der Waals surface area contributed by atoms with E-state index >= 15 is 0 Å². The quantitative estimate of drug-likeness (QED) is 0.510. The Morgan fingerprint density at radius 1 is 1.11 bits per heavy atom. The summed E-state index contributed by atoms with van der Waals surface area (Å²) >= 11 is 0. The molecular formula is C27H27F2N3O3. The van der Waals surface area contributed by atoms with Gasteiger partial charge in [0.25, 0.3) is 12.3 Å². The number of ether oxygens (including phenoxy) is 1. The number of fused-ring (bicyclic) bond motifs is 1. The number of phenols is 1. The van der Waals surface area contributed by atoms with Gasteiger partial charge in [0.2, 0.25) is 0 Å². The number of hydrogen-bond acceptors (Lipinski definition) is 5. The molecule has 0 bridgehead atoms. The topological polar surface area (TPSA) is 65.0 Å². The molecule has 0 unspecified atom stereocenters. The van der Waals surface area contributed by atoms with Crippen molar-refractivity contribution >= 4 is 11.6 Å². The molecule has 0 atom stereocenters. The summed E-state index contributed by atoms with van der Waals surface area (Å²) < 4.78 is 32.7. The Hall–Kier alpha value is -3.65. The number of hydrogen-bond donors (Lipinski definition) is 2. The summed E-state index contributed by atoms with van der Waals surface area (Å²) in [5, 5.41) is 14.2. The van der Waals surface area contributed by atoms with E-state index in [1.807, 2.05) is 48.5 Å². The number of alkyl halides is 2. The highest BCUT2D eigenvalue weighted by Gasteiger charge is 2.32. The van der Waals surface area contributed by atoms with Crippen LogP contribution in [0.5, 0.6) is 11.5 Å². The number of likely N-dealkylation sites (tertiary alicyclic amines) is 1. The molecule has 3 aromatic carbocycles. The number of carbonyl (C=O) groups excluding carboxylic acids is 1. The van der Waals surface area contributed by atoms with Crippen molar-refractivity contribution in [2.24, 2.45) is 0 Å². The van der Waals surface area contributed by atoms with Gasteiger partial charge in [0.05, 0.1) is 6.04 Å². The van der Waals surface area contributed by atoms with E-state index in [1.54, 1.807) is 4.90 Å². The lowest BCUT2D eigenvalue weighted by Gasteiger charge is -2.37. The van der Waals surface area contributed by atoms with Crippen LogP contribution in [0, 0.1) is 0 Å². The second kappa shape index (κ2) is 9.54. The summed E-state index contributed by atoms with van der Waals surface area (Å²) in [5.41, 5.74) is 3.36. The van der Waals surface area contributed by atoms with Crippen molar-refractivity contribution < 1.29 is 23.4 Å². The summed E-state index contributed by atoms with van der Waals surface area (Å²) in [6.45, 7) is 2.71. The van der Waals surface area contributed by atoms with Gasteiger partial charge in [-0.1, -0.05) is 42.5 Å².